The van der Waals surface area contributed by atoms with Gasteiger partial charge in [-0.3, -0.25) is 4.79 Å². The van der Waals surface area contributed by atoms with Crippen LogP contribution in [0.1, 0.15) is 19.8 Å². The number of thiocarbonyl (C=S) groups is 1. The maximum atomic E-state index is 11.9. The summed E-state index contributed by atoms with van der Waals surface area (Å²) in [6.07, 6.45) is -5.94. The number of carbonyl (C=O) groups is 1. The van der Waals surface area contributed by atoms with Gasteiger partial charge in [0.25, 0.3) is 0 Å². The summed E-state index contributed by atoms with van der Waals surface area (Å²) in [6, 6.07) is 0. The van der Waals surface area contributed by atoms with E-state index in [2.05, 4.69) is 0 Å². The monoisotopic (exact) mass is 256 g/mol. The summed E-state index contributed by atoms with van der Waals surface area (Å²) >= 11 is 4.71. The van der Waals surface area contributed by atoms with Crippen molar-refractivity contribution in [3.8, 4) is 0 Å². The largest absolute Gasteiger partial charge is 0.393 e. The molecular weight excluding hydrogens is 241 g/mol. The van der Waals surface area contributed by atoms with Crippen LogP contribution in [-0.4, -0.2) is 35.6 Å². The second-order valence-corrected chi connectivity index (χ2v) is 4.16. The van der Waals surface area contributed by atoms with Crippen LogP contribution in [0.2, 0.25) is 0 Å². The summed E-state index contributed by atoms with van der Waals surface area (Å²) < 4.78 is 35.6. The maximum Gasteiger partial charge on any atom is 0.389 e. The van der Waals surface area contributed by atoms with Gasteiger partial charge >= 0.3 is 6.18 Å². The highest BCUT2D eigenvalue weighted by Gasteiger charge is 2.28. The van der Waals surface area contributed by atoms with Gasteiger partial charge in [0, 0.05) is 25.9 Å². The Morgan fingerprint density at radius 3 is 2.38 bits per heavy atom. The number of rotatable bonds is 5. The van der Waals surface area contributed by atoms with Gasteiger partial charge in [-0.15, -0.1) is 0 Å². The lowest BCUT2D eigenvalue weighted by atomic mass is 10.1. The van der Waals surface area contributed by atoms with Crippen LogP contribution < -0.4 is 5.73 Å². The summed E-state index contributed by atoms with van der Waals surface area (Å²) in [5, 5.41) is 0. The van der Waals surface area contributed by atoms with E-state index in [1.165, 1.54) is 11.9 Å². The van der Waals surface area contributed by atoms with Crippen LogP contribution in [0.3, 0.4) is 0 Å². The van der Waals surface area contributed by atoms with Crippen LogP contribution in [0.15, 0.2) is 0 Å². The average Bonchev–Trinajstić information content (AvgIpc) is 2.12. The molecule has 2 N–H and O–H groups in total. The van der Waals surface area contributed by atoms with Gasteiger partial charge in [0.05, 0.1) is 11.4 Å². The molecule has 0 saturated heterocycles. The van der Waals surface area contributed by atoms with Crippen molar-refractivity contribution in [2.24, 2.45) is 11.7 Å². The highest BCUT2D eigenvalue weighted by atomic mass is 32.1. The third kappa shape index (κ3) is 6.60. The highest BCUT2D eigenvalue weighted by molar-refractivity contribution is 7.80. The van der Waals surface area contributed by atoms with E-state index in [4.69, 9.17) is 18.0 Å². The Hall–Kier alpha value is -0.850. The minimum absolute atomic E-state index is 0.199. The van der Waals surface area contributed by atoms with E-state index >= 15 is 0 Å². The quantitative estimate of drug-likeness (QED) is 0.762. The first-order valence-electron chi connectivity index (χ1n) is 4.73. The summed E-state index contributed by atoms with van der Waals surface area (Å²) in [4.78, 5) is 12.8. The van der Waals surface area contributed by atoms with Crippen LogP contribution in [0.4, 0.5) is 13.2 Å². The van der Waals surface area contributed by atoms with Crippen molar-refractivity contribution in [1.29, 1.82) is 0 Å². The van der Waals surface area contributed by atoms with Crippen molar-refractivity contribution in [2.45, 2.75) is 25.9 Å². The predicted octanol–water partition coefficient (Wildman–Crippen LogP) is 1.71. The third-order valence-corrected chi connectivity index (χ3v) is 2.48. The minimum atomic E-state index is -4.30. The zero-order valence-corrected chi connectivity index (χ0v) is 9.99. The molecule has 0 spiro atoms. The SMILES string of the molecule is CC(CN(C)C(=O)CCC(F)(F)F)C(N)=S. The van der Waals surface area contributed by atoms with Crippen molar-refractivity contribution in [1.82, 2.24) is 4.90 Å². The molecule has 0 heterocycles. The number of hydrogen-bond donors (Lipinski definition) is 1. The first-order chi connectivity index (χ1) is 7.13. The molecule has 0 radical (unpaired) electrons. The molecule has 0 rings (SSSR count). The average molecular weight is 256 g/mol. The Morgan fingerprint density at radius 1 is 1.50 bits per heavy atom. The lowest BCUT2D eigenvalue weighted by Gasteiger charge is -2.21. The standard InChI is InChI=1S/C9H15F3N2OS/c1-6(8(13)16)5-14(2)7(15)3-4-9(10,11)12/h6H,3-5H2,1-2H3,(H2,13,16). The fraction of sp³-hybridized carbons (Fsp3) is 0.778. The van der Waals surface area contributed by atoms with Gasteiger partial charge in [0.2, 0.25) is 5.91 Å². The number of halogens is 3. The molecule has 1 atom stereocenters. The second-order valence-electron chi connectivity index (χ2n) is 3.69. The van der Waals surface area contributed by atoms with E-state index in [-0.39, 0.29) is 17.5 Å². The molecule has 0 aromatic rings. The fourth-order valence-corrected chi connectivity index (χ4v) is 1.12. The summed E-state index contributed by atoms with van der Waals surface area (Å²) in [6.45, 7) is 1.96. The minimum Gasteiger partial charge on any atom is -0.393 e. The Kier molecular flexibility index (Phi) is 5.71. The van der Waals surface area contributed by atoms with E-state index in [1.54, 1.807) is 6.92 Å². The van der Waals surface area contributed by atoms with Crippen LogP contribution in [0, 0.1) is 5.92 Å². The van der Waals surface area contributed by atoms with Crippen LogP contribution in [0.5, 0.6) is 0 Å². The second kappa shape index (κ2) is 6.03. The molecule has 7 heteroatoms. The first-order valence-corrected chi connectivity index (χ1v) is 5.14. The highest BCUT2D eigenvalue weighted by Crippen LogP contribution is 2.21. The van der Waals surface area contributed by atoms with Crippen molar-refractivity contribution < 1.29 is 18.0 Å². The lowest BCUT2D eigenvalue weighted by molar-refractivity contribution is -0.148. The summed E-state index contributed by atoms with van der Waals surface area (Å²) in [5.41, 5.74) is 5.34. The molecule has 1 unspecified atom stereocenters. The van der Waals surface area contributed by atoms with Gasteiger partial charge in [-0.05, 0) is 0 Å². The van der Waals surface area contributed by atoms with E-state index in [0.29, 0.717) is 0 Å². The van der Waals surface area contributed by atoms with Crippen LogP contribution in [-0.2, 0) is 4.79 Å². The molecule has 1 amide bonds. The predicted molar refractivity (Wildman–Crippen MR) is 58.9 cm³/mol. The molecule has 0 fully saturated rings. The van der Waals surface area contributed by atoms with Gasteiger partial charge in [-0.2, -0.15) is 13.2 Å². The van der Waals surface area contributed by atoms with Gasteiger partial charge in [-0.25, -0.2) is 0 Å². The lowest BCUT2D eigenvalue weighted by Crippen LogP contribution is -2.35. The fourth-order valence-electron chi connectivity index (χ4n) is 1.04. The smallest absolute Gasteiger partial charge is 0.389 e. The van der Waals surface area contributed by atoms with Gasteiger partial charge in [-0.1, -0.05) is 19.1 Å². The van der Waals surface area contributed by atoms with Crippen LogP contribution in [0.25, 0.3) is 0 Å². The summed E-state index contributed by atoms with van der Waals surface area (Å²) in [7, 11) is 1.44. The van der Waals surface area contributed by atoms with Gasteiger partial charge in [0.1, 0.15) is 0 Å². The van der Waals surface area contributed by atoms with Crippen LogP contribution >= 0.6 is 12.2 Å². The van der Waals surface area contributed by atoms with Gasteiger partial charge in [0.15, 0.2) is 0 Å². The molecule has 0 aliphatic carbocycles. The molecule has 0 saturated carbocycles. The Labute approximate surface area is 97.8 Å². The topological polar surface area (TPSA) is 46.3 Å². The number of amides is 1. The normalized spacial score (nSPS) is 13.3. The number of carbonyl (C=O) groups excluding carboxylic acids is 1. The Balaban J connectivity index is 4.05. The molecule has 0 bridgehead atoms. The van der Waals surface area contributed by atoms with E-state index in [9.17, 15) is 18.0 Å². The first kappa shape index (κ1) is 15.2. The number of nitrogens with two attached hydrogens (primary N) is 1. The molecule has 94 valence electrons. The molecule has 0 aliphatic heterocycles. The Morgan fingerprint density at radius 2 is 2.00 bits per heavy atom. The summed E-state index contributed by atoms with van der Waals surface area (Å²) in [5.74, 6) is -0.754. The molecule has 0 aromatic heterocycles. The van der Waals surface area contributed by atoms with Gasteiger partial charge < -0.3 is 10.6 Å². The maximum absolute atomic E-state index is 11.9. The van der Waals surface area contributed by atoms with E-state index < -0.39 is 24.9 Å². The molecule has 0 aromatic carbocycles. The zero-order valence-electron chi connectivity index (χ0n) is 9.17. The van der Waals surface area contributed by atoms with Crippen molar-refractivity contribution in [3.05, 3.63) is 0 Å². The van der Waals surface area contributed by atoms with Crippen molar-refractivity contribution >= 4 is 23.1 Å². The van der Waals surface area contributed by atoms with Crippen molar-refractivity contribution in [3.63, 3.8) is 0 Å². The number of hydrogen-bond acceptors (Lipinski definition) is 2. The van der Waals surface area contributed by atoms with E-state index in [0.717, 1.165) is 0 Å². The Bertz CT molecular complexity index is 268. The number of alkyl halides is 3. The number of nitrogens with zero attached hydrogens (tertiary/aromatic N) is 1. The zero-order chi connectivity index (χ0) is 12.9. The molecular formula is C9H15F3N2OS. The molecule has 16 heavy (non-hydrogen) atoms. The molecule has 3 nitrogen and oxygen atoms in total. The van der Waals surface area contributed by atoms with E-state index in [1.807, 2.05) is 0 Å². The van der Waals surface area contributed by atoms with Crippen molar-refractivity contribution in [2.75, 3.05) is 13.6 Å². The third-order valence-electron chi connectivity index (χ3n) is 2.08. The molecule has 0 aliphatic rings.